The van der Waals surface area contributed by atoms with Gasteiger partial charge in [-0.3, -0.25) is 0 Å². The molecule has 2 heteroatoms. The van der Waals surface area contributed by atoms with E-state index in [-0.39, 0.29) is 11.0 Å². The maximum Gasteiger partial charge on any atom is 0.216 e. The van der Waals surface area contributed by atoms with Crippen molar-refractivity contribution in [2.75, 3.05) is 0 Å². The summed E-state index contributed by atoms with van der Waals surface area (Å²) in [5.41, 5.74) is 5.76. The summed E-state index contributed by atoms with van der Waals surface area (Å²) < 4.78 is 9.23. The van der Waals surface area contributed by atoms with Gasteiger partial charge in [-0.25, -0.2) is 4.57 Å². The van der Waals surface area contributed by atoms with Crippen LogP contribution in [0.25, 0.3) is 11.3 Å². The first kappa shape index (κ1) is 15.4. The van der Waals surface area contributed by atoms with Crippen molar-refractivity contribution in [3.05, 3.63) is 47.7 Å². The summed E-state index contributed by atoms with van der Waals surface area (Å²) in [6, 6.07) is 11.2. The lowest BCUT2D eigenvalue weighted by molar-refractivity contribution is -0.660. The molecule has 2 spiro atoms. The maximum absolute atomic E-state index is 7.00. The lowest BCUT2D eigenvalue weighted by Crippen LogP contribution is -2.47. The zero-order chi connectivity index (χ0) is 17.1. The van der Waals surface area contributed by atoms with Crippen LogP contribution in [0, 0.1) is 6.92 Å². The van der Waals surface area contributed by atoms with Gasteiger partial charge in [0.15, 0.2) is 6.20 Å². The normalized spacial score (nSPS) is 22.5. The number of hydrogen-bond donors (Lipinski definition) is 0. The minimum absolute atomic E-state index is 0.0712. The molecule has 2 nitrogen and oxygen atoms in total. The number of aromatic nitrogens is 1. The van der Waals surface area contributed by atoms with Gasteiger partial charge in [-0.2, -0.15) is 0 Å². The molecule has 2 saturated carbocycles. The van der Waals surface area contributed by atoms with E-state index in [1.54, 1.807) is 0 Å². The van der Waals surface area contributed by atoms with Gasteiger partial charge in [0.25, 0.3) is 0 Å². The van der Waals surface area contributed by atoms with E-state index < -0.39 is 0 Å². The zero-order valence-electron chi connectivity index (χ0n) is 15.5. The van der Waals surface area contributed by atoms with E-state index in [9.17, 15) is 0 Å². The Balaban J connectivity index is 1.77. The van der Waals surface area contributed by atoms with E-state index >= 15 is 0 Å². The van der Waals surface area contributed by atoms with Gasteiger partial charge in [0, 0.05) is 23.1 Å². The second kappa shape index (κ2) is 5.33. The number of rotatable bonds is 1. The minimum Gasteiger partial charge on any atom is -0.485 e. The average molecular weight is 334 g/mol. The molecule has 1 aromatic heterocycles. The summed E-state index contributed by atoms with van der Waals surface area (Å²) in [4.78, 5) is 0. The second-order valence-corrected chi connectivity index (χ2v) is 8.42. The van der Waals surface area contributed by atoms with Gasteiger partial charge < -0.3 is 4.74 Å². The Hall–Kier alpha value is -1.83. The summed E-state index contributed by atoms with van der Waals surface area (Å²) in [5.74, 6) is 1.20. The Labute approximate surface area is 150 Å². The van der Waals surface area contributed by atoms with Crippen molar-refractivity contribution in [2.45, 2.75) is 69.3 Å². The number of pyridine rings is 1. The van der Waals surface area contributed by atoms with Crippen LogP contribution < -0.4 is 9.30 Å². The Kier molecular flexibility index (Phi) is 3.29. The molecule has 2 heterocycles. The van der Waals surface area contributed by atoms with Gasteiger partial charge in [-0.05, 0) is 57.1 Å². The molecule has 0 unspecified atom stereocenters. The molecule has 0 radical (unpaired) electrons. The van der Waals surface area contributed by atoms with Crippen molar-refractivity contribution in [2.24, 2.45) is 7.05 Å². The van der Waals surface area contributed by atoms with Crippen LogP contribution in [-0.4, -0.2) is 5.60 Å². The number of benzene rings is 1. The number of fused-ring (bicyclic) bond motifs is 3. The van der Waals surface area contributed by atoms with Gasteiger partial charge >= 0.3 is 0 Å². The molecule has 130 valence electrons. The molecule has 0 atom stereocenters. The summed E-state index contributed by atoms with van der Waals surface area (Å²) >= 11 is 0. The molecule has 25 heavy (non-hydrogen) atoms. The molecule has 1 aliphatic heterocycles. The average Bonchev–Trinajstić information content (AvgIpc) is 3.32. The third-order valence-corrected chi connectivity index (χ3v) is 7.23. The van der Waals surface area contributed by atoms with Gasteiger partial charge in [0.2, 0.25) is 5.69 Å². The predicted octanol–water partition coefficient (Wildman–Crippen LogP) is 5.00. The highest BCUT2D eigenvalue weighted by Gasteiger charge is 2.62. The van der Waals surface area contributed by atoms with Crippen molar-refractivity contribution >= 4 is 0 Å². The molecule has 5 rings (SSSR count). The molecule has 0 saturated heterocycles. The Morgan fingerprint density at radius 1 is 0.920 bits per heavy atom. The van der Waals surface area contributed by atoms with Crippen molar-refractivity contribution in [1.82, 2.24) is 0 Å². The van der Waals surface area contributed by atoms with E-state index in [1.165, 1.54) is 79.5 Å². The van der Waals surface area contributed by atoms with Crippen molar-refractivity contribution in [1.29, 1.82) is 0 Å². The van der Waals surface area contributed by atoms with E-state index in [2.05, 4.69) is 55.1 Å². The summed E-state index contributed by atoms with van der Waals surface area (Å²) in [5, 5.41) is 0. The second-order valence-electron chi connectivity index (χ2n) is 8.42. The van der Waals surface area contributed by atoms with E-state index in [4.69, 9.17) is 4.74 Å². The van der Waals surface area contributed by atoms with Crippen LogP contribution in [0.1, 0.15) is 62.5 Å². The lowest BCUT2D eigenvalue weighted by Gasteiger charge is -2.39. The molecule has 0 bridgehead atoms. The van der Waals surface area contributed by atoms with Crippen molar-refractivity contribution < 1.29 is 9.30 Å². The van der Waals surface area contributed by atoms with Crippen LogP contribution in [0.4, 0.5) is 0 Å². The summed E-state index contributed by atoms with van der Waals surface area (Å²) in [6.07, 6.45) is 12.6. The quantitative estimate of drug-likeness (QED) is 0.669. The molecule has 1 aromatic carbocycles. The standard InChI is InChI=1S/C23H28NO/c1-17-10-11-18-21(20(17)19-9-3-8-16-24(19)2)25-23(14-6-7-15-23)22(18)12-4-5-13-22/h3,8-11,16H,4-7,12-15H2,1-2H3/q+1. The smallest absolute Gasteiger partial charge is 0.216 e. The van der Waals surface area contributed by atoms with Crippen LogP contribution >= 0.6 is 0 Å². The summed E-state index contributed by atoms with van der Waals surface area (Å²) in [6.45, 7) is 2.23. The van der Waals surface area contributed by atoms with Crippen LogP contribution in [0.5, 0.6) is 5.75 Å². The molecule has 2 aliphatic carbocycles. The number of nitrogens with zero attached hydrogens (tertiary/aromatic N) is 1. The van der Waals surface area contributed by atoms with Crippen LogP contribution in [0.3, 0.4) is 0 Å². The SMILES string of the molecule is Cc1ccc2c(c1-c1cccc[n+]1C)OC1(CCCC1)C21CCCC1. The third-order valence-electron chi connectivity index (χ3n) is 7.23. The van der Waals surface area contributed by atoms with Crippen molar-refractivity contribution in [3.8, 4) is 17.0 Å². The molecule has 0 amide bonds. The zero-order valence-corrected chi connectivity index (χ0v) is 15.5. The highest BCUT2D eigenvalue weighted by Crippen LogP contribution is 2.64. The topological polar surface area (TPSA) is 13.1 Å². The van der Waals surface area contributed by atoms with Gasteiger partial charge in [-0.15, -0.1) is 0 Å². The first-order chi connectivity index (χ1) is 12.2. The van der Waals surface area contributed by atoms with Crippen molar-refractivity contribution in [3.63, 3.8) is 0 Å². The third kappa shape index (κ3) is 1.94. The highest BCUT2D eigenvalue weighted by atomic mass is 16.5. The monoisotopic (exact) mass is 334 g/mol. The Morgan fingerprint density at radius 3 is 2.36 bits per heavy atom. The molecule has 2 aromatic rings. The van der Waals surface area contributed by atoms with Crippen LogP contribution in [0.15, 0.2) is 36.5 Å². The number of aryl methyl sites for hydroxylation is 2. The highest BCUT2D eigenvalue weighted by molar-refractivity contribution is 5.74. The fourth-order valence-corrected chi connectivity index (χ4v) is 6.03. The largest absolute Gasteiger partial charge is 0.485 e. The molecule has 0 N–H and O–H groups in total. The number of ether oxygens (including phenoxy) is 1. The molecular weight excluding hydrogens is 306 g/mol. The molecule has 2 fully saturated rings. The Morgan fingerprint density at radius 2 is 1.64 bits per heavy atom. The molecule has 3 aliphatic rings. The fourth-order valence-electron chi connectivity index (χ4n) is 6.03. The predicted molar refractivity (Wildman–Crippen MR) is 99.8 cm³/mol. The summed E-state index contributed by atoms with van der Waals surface area (Å²) in [7, 11) is 2.14. The van der Waals surface area contributed by atoms with Crippen LogP contribution in [-0.2, 0) is 12.5 Å². The number of hydrogen-bond acceptors (Lipinski definition) is 1. The van der Waals surface area contributed by atoms with E-state index in [0.29, 0.717) is 0 Å². The molecular formula is C23H28NO+. The minimum atomic E-state index is 0.0712. The van der Waals surface area contributed by atoms with E-state index in [0.717, 1.165) is 0 Å². The van der Waals surface area contributed by atoms with Gasteiger partial charge in [0.05, 0.1) is 5.56 Å². The van der Waals surface area contributed by atoms with Crippen LogP contribution in [0.2, 0.25) is 0 Å². The lowest BCUT2D eigenvalue weighted by atomic mass is 9.66. The Bertz CT molecular complexity index is 826. The maximum atomic E-state index is 7.00. The van der Waals surface area contributed by atoms with Gasteiger partial charge in [0.1, 0.15) is 18.4 Å². The van der Waals surface area contributed by atoms with Gasteiger partial charge in [-0.1, -0.05) is 25.0 Å². The fraction of sp³-hybridized carbons (Fsp3) is 0.522. The first-order valence-corrected chi connectivity index (χ1v) is 9.95. The van der Waals surface area contributed by atoms with E-state index in [1.807, 2.05) is 0 Å². The first-order valence-electron chi connectivity index (χ1n) is 9.95.